The fraction of sp³-hybridized carbons (Fsp3) is 0.267. The highest BCUT2D eigenvalue weighted by Gasteiger charge is 2.22. The third-order valence-corrected chi connectivity index (χ3v) is 4.63. The van der Waals surface area contributed by atoms with Crippen molar-refractivity contribution in [2.75, 3.05) is 12.3 Å². The average molecular weight is 312 g/mol. The monoisotopic (exact) mass is 312 g/mol. The summed E-state index contributed by atoms with van der Waals surface area (Å²) in [6, 6.07) is 10.2. The number of nitrogen functional groups attached to an aromatic ring is 1. The molecule has 0 unspecified atom stereocenters. The fourth-order valence-electron chi connectivity index (χ4n) is 2.76. The van der Waals surface area contributed by atoms with Crippen molar-refractivity contribution in [3.63, 3.8) is 0 Å². The number of fused-ring (bicyclic) bond motifs is 1. The van der Waals surface area contributed by atoms with Gasteiger partial charge in [0, 0.05) is 36.3 Å². The van der Waals surface area contributed by atoms with Crippen molar-refractivity contribution in [1.82, 2.24) is 24.6 Å². The van der Waals surface area contributed by atoms with E-state index in [1.807, 2.05) is 24.4 Å². The number of benzene rings is 1. The molecule has 2 aromatic heterocycles. The Kier molecular flexibility index (Phi) is 3.36. The number of aromatic nitrogens is 4. The van der Waals surface area contributed by atoms with Gasteiger partial charge in [-0.15, -0.1) is 21.5 Å². The second-order valence-electron chi connectivity index (χ2n) is 5.33. The van der Waals surface area contributed by atoms with Crippen LogP contribution in [0.15, 0.2) is 36.5 Å². The molecule has 112 valence electrons. The molecule has 1 aliphatic rings. The van der Waals surface area contributed by atoms with E-state index >= 15 is 0 Å². The molecule has 3 aromatic rings. The summed E-state index contributed by atoms with van der Waals surface area (Å²) < 4.78 is 2.22. The number of rotatable bonds is 3. The molecule has 4 rings (SSSR count). The molecule has 0 radical (unpaired) electrons. The van der Waals surface area contributed by atoms with Gasteiger partial charge >= 0.3 is 0 Å². The molecule has 2 N–H and O–H groups in total. The lowest BCUT2D eigenvalue weighted by atomic mass is 10.2. The van der Waals surface area contributed by atoms with Crippen molar-refractivity contribution in [1.29, 1.82) is 0 Å². The minimum atomic E-state index is 0.626. The molecule has 6 nitrogen and oxygen atoms in total. The summed E-state index contributed by atoms with van der Waals surface area (Å²) in [4.78, 5) is 7.65. The van der Waals surface area contributed by atoms with Gasteiger partial charge in [0.05, 0.1) is 6.54 Å². The summed E-state index contributed by atoms with van der Waals surface area (Å²) in [6.07, 6.45) is 1.86. The van der Waals surface area contributed by atoms with Gasteiger partial charge < -0.3 is 10.3 Å². The molecule has 0 amide bonds. The second kappa shape index (κ2) is 5.51. The van der Waals surface area contributed by atoms with Crippen LogP contribution in [0, 0.1) is 0 Å². The number of anilines is 1. The largest absolute Gasteiger partial charge is 0.375 e. The molecule has 1 aromatic carbocycles. The van der Waals surface area contributed by atoms with Crippen molar-refractivity contribution < 1.29 is 0 Å². The standard InChI is InChI=1S/C15H16N6S/c16-15-17-8-12(22-15)9-20-6-7-21-13(10-20)18-19-14(21)11-4-2-1-3-5-11/h1-5,8H,6-7,9-10H2,(H2,16,17). The van der Waals surface area contributed by atoms with Gasteiger partial charge in [0.25, 0.3) is 0 Å². The predicted octanol–water partition coefficient (Wildman–Crippen LogP) is 2.00. The maximum absolute atomic E-state index is 5.69. The zero-order chi connectivity index (χ0) is 14.9. The fourth-order valence-corrected chi connectivity index (χ4v) is 3.49. The van der Waals surface area contributed by atoms with E-state index in [0.29, 0.717) is 5.13 Å². The molecule has 22 heavy (non-hydrogen) atoms. The van der Waals surface area contributed by atoms with Crippen molar-refractivity contribution in [3.8, 4) is 11.4 Å². The Labute approximate surface area is 132 Å². The highest BCUT2D eigenvalue weighted by molar-refractivity contribution is 7.15. The highest BCUT2D eigenvalue weighted by Crippen LogP contribution is 2.23. The first-order chi connectivity index (χ1) is 10.8. The Morgan fingerprint density at radius 2 is 2.00 bits per heavy atom. The Morgan fingerprint density at radius 3 is 2.77 bits per heavy atom. The van der Waals surface area contributed by atoms with Crippen molar-refractivity contribution in [3.05, 3.63) is 47.2 Å². The van der Waals surface area contributed by atoms with Gasteiger partial charge in [-0.2, -0.15) is 0 Å². The third-order valence-electron chi connectivity index (χ3n) is 3.82. The molecule has 0 spiro atoms. The maximum Gasteiger partial charge on any atom is 0.180 e. The first-order valence-electron chi connectivity index (χ1n) is 7.19. The Hall–Kier alpha value is -2.25. The molecule has 0 aliphatic carbocycles. The quantitative estimate of drug-likeness (QED) is 0.801. The van der Waals surface area contributed by atoms with Crippen molar-refractivity contribution >= 4 is 16.5 Å². The van der Waals surface area contributed by atoms with Gasteiger partial charge in [-0.1, -0.05) is 30.3 Å². The first-order valence-corrected chi connectivity index (χ1v) is 8.01. The molecule has 0 bridgehead atoms. The predicted molar refractivity (Wildman–Crippen MR) is 86.1 cm³/mol. The number of hydrogen-bond donors (Lipinski definition) is 1. The molecule has 0 saturated heterocycles. The van der Waals surface area contributed by atoms with Crippen molar-refractivity contribution in [2.24, 2.45) is 0 Å². The van der Waals surface area contributed by atoms with Crippen LogP contribution in [0.2, 0.25) is 0 Å². The molecule has 0 fully saturated rings. The molecule has 3 heterocycles. The zero-order valence-corrected chi connectivity index (χ0v) is 12.8. The van der Waals surface area contributed by atoms with E-state index in [-0.39, 0.29) is 0 Å². The van der Waals surface area contributed by atoms with Crippen LogP contribution in [-0.4, -0.2) is 31.2 Å². The summed E-state index contributed by atoms with van der Waals surface area (Å²) in [5, 5.41) is 9.36. The zero-order valence-electron chi connectivity index (χ0n) is 12.0. The average Bonchev–Trinajstić information content (AvgIpc) is 3.14. The van der Waals surface area contributed by atoms with Crippen LogP contribution in [0.25, 0.3) is 11.4 Å². The van der Waals surface area contributed by atoms with E-state index in [4.69, 9.17) is 5.73 Å². The topological polar surface area (TPSA) is 72.9 Å². The summed E-state index contributed by atoms with van der Waals surface area (Å²) in [5.74, 6) is 1.97. The van der Waals surface area contributed by atoms with Crippen LogP contribution >= 0.6 is 11.3 Å². The van der Waals surface area contributed by atoms with E-state index in [9.17, 15) is 0 Å². The Morgan fingerprint density at radius 1 is 1.14 bits per heavy atom. The van der Waals surface area contributed by atoms with Gasteiger partial charge in [-0.3, -0.25) is 4.90 Å². The molecule has 7 heteroatoms. The van der Waals surface area contributed by atoms with Gasteiger partial charge in [0.1, 0.15) is 5.82 Å². The van der Waals surface area contributed by atoms with Gasteiger partial charge in [0.15, 0.2) is 11.0 Å². The molecule has 0 atom stereocenters. The summed E-state index contributed by atoms with van der Waals surface area (Å²) in [5.41, 5.74) is 6.81. The SMILES string of the molecule is Nc1ncc(CN2CCn3c(nnc3-c3ccccc3)C2)s1. The van der Waals surface area contributed by atoms with Crippen LogP contribution in [-0.2, 0) is 19.6 Å². The number of hydrogen-bond acceptors (Lipinski definition) is 6. The Balaban J connectivity index is 1.54. The van der Waals surface area contributed by atoms with E-state index in [1.54, 1.807) is 11.3 Å². The summed E-state index contributed by atoms with van der Waals surface area (Å²) >= 11 is 1.55. The maximum atomic E-state index is 5.69. The third kappa shape index (κ3) is 2.49. The lowest BCUT2D eigenvalue weighted by Crippen LogP contribution is -2.33. The van der Waals surface area contributed by atoms with Crippen LogP contribution in [0.5, 0.6) is 0 Å². The van der Waals surface area contributed by atoms with Gasteiger partial charge in [-0.05, 0) is 0 Å². The van der Waals surface area contributed by atoms with Crippen LogP contribution in [0.3, 0.4) is 0 Å². The molecule has 1 aliphatic heterocycles. The second-order valence-corrected chi connectivity index (χ2v) is 6.48. The Bertz CT molecular complexity index is 778. The highest BCUT2D eigenvalue weighted by atomic mass is 32.1. The van der Waals surface area contributed by atoms with E-state index in [0.717, 1.165) is 43.4 Å². The minimum absolute atomic E-state index is 0.626. The van der Waals surface area contributed by atoms with Gasteiger partial charge in [-0.25, -0.2) is 4.98 Å². The first kappa shape index (κ1) is 13.4. The molecular formula is C15H16N6S. The van der Waals surface area contributed by atoms with E-state index < -0.39 is 0 Å². The van der Waals surface area contributed by atoms with Crippen molar-refractivity contribution in [2.45, 2.75) is 19.6 Å². The molecule has 0 saturated carbocycles. The lowest BCUT2D eigenvalue weighted by Gasteiger charge is -2.27. The van der Waals surface area contributed by atoms with Crippen LogP contribution < -0.4 is 5.73 Å². The minimum Gasteiger partial charge on any atom is -0.375 e. The number of thiazole rings is 1. The smallest absolute Gasteiger partial charge is 0.180 e. The number of nitrogens with zero attached hydrogens (tertiary/aromatic N) is 5. The van der Waals surface area contributed by atoms with E-state index in [1.165, 1.54) is 4.88 Å². The summed E-state index contributed by atoms with van der Waals surface area (Å²) in [6.45, 7) is 3.55. The van der Waals surface area contributed by atoms with Gasteiger partial charge in [0.2, 0.25) is 0 Å². The normalized spacial score (nSPS) is 14.9. The summed E-state index contributed by atoms with van der Waals surface area (Å²) in [7, 11) is 0. The van der Waals surface area contributed by atoms with Crippen LogP contribution in [0.4, 0.5) is 5.13 Å². The lowest BCUT2D eigenvalue weighted by molar-refractivity contribution is 0.211. The van der Waals surface area contributed by atoms with E-state index in [2.05, 4.69) is 36.8 Å². The number of nitrogens with two attached hydrogens (primary N) is 1. The molecular weight excluding hydrogens is 296 g/mol. The van der Waals surface area contributed by atoms with Crippen LogP contribution in [0.1, 0.15) is 10.7 Å².